The van der Waals surface area contributed by atoms with E-state index in [4.69, 9.17) is 4.52 Å². The standard InChI is InChI=1S/C12H12N2O2/c15-12(8-4-3-5-8)13-11-9-6-1-2-7-10(9)16-14-11/h1-2,6-8H,3-5H2,(H,13,14,15). The molecule has 0 saturated heterocycles. The van der Waals surface area contributed by atoms with Crippen molar-refractivity contribution in [2.75, 3.05) is 5.32 Å². The summed E-state index contributed by atoms with van der Waals surface area (Å²) < 4.78 is 5.12. The maximum absolute atomic E-state index is 11.7. The van der Waals surface area contributed by atoms with Crippen molar-refractivity contribution in [3.05, 3.63) is 24.3 Å². The Morgan fingerprint density at radius 3 is 2.94 bits per heavy atom. The van der Waals surface area contributed by atoms with Crippen LogP contribution in [-0.2, 0) is 4.79 Å². The Morgan fingerprint density at radius 2 is 2.19 bits per heavy atom. The Hall–Kier alpha value is -1.84. The van der Waals surface area contributed by atoms with E-state index >= 15 is 0 Å². The van der Waals surface area contributed by atoms with Crippen molar-refractivity contribution in [1.29, 1.82) is 0 Å². The number of rotatable bonds is 2. The highest BCUT2D eigenvalue weighted by Crippen LogP contribution is 2.29. The molecule has 1 aromatic carbocycles. The van der Waals surface area contributed by atoms with Gasteiger partial charge in [0.2, 0.25) is 5.91 Å². The minimum Gasteiger partial charge on any atom is -0.354 e. The average molecular weight is 216 g/mol. The van der Waals surface area contributed by atoms with Gasteiger partial charge in [-0.3, -0.25) is 4.79 Å². The zero-order chi connectivity index (χ0) is 11.0. The van der Waals surface area contributed by atoms with Gasteiger partial charge in [-0.1, -0.05) is 23.7 Å². The molecule has 0 aliphatic heterocycles. The first-order valence-electron chi connectivity index (χ1n) is 5.50. The molecule has 1 amide bonds. The number of nitrogens with one attached hydrogen (secondary N) is 1. The van der Waals surface area contributed by atoms with Crippen LogP contribution >= 0.6 is 0 Å². The van der Waals surface area contributed by atoms with Gasteiger partial charge in [0, 0.05) is 5.92 Å². The molecule has 3 rings (SSSR count). The van der Waals surface area contributed by atoms with E-state index in [0.29, 0.717) is 11.4 Å². The quantitative estimate of drug-likeness (QED) is 0.839. The fourth-order valence-electron chi connectivity index (χ4n) is 1.87. The molecule has 1 heterocycles. The molecule has 4 nitrogen and oxygen atoms in total. The van der Waals surface area contributed by atoms with Crippen molar-refractivity contribution in [1.82, 2.24) is 5.16 Å². The molecule has 0 unspecified atom stereocenters. The van der Waals surface area contributed by atoms with Gasteiger partial charge in [0.15, 0.2) is 11.4 Å². The topological polar surface area (TPSA) is 55.1 Å². The Balaban J connectivity index is 1.86. The summed E-state index contributed by atoms with van der Waals surface area (Å²) in [5, 5.41) is 7.55. The summed E-state index contributed by atoms with van der Waals surface area (Å²) >= 11 is 0. The maximum Gasteiger partial charge on any atom is 0.228 e. The van der Waals surface area contributed by atoms with Crippen molar-refractivity contribution >= 4 is 22.7 Å². The Morgan fingerprint density at radius 1 is 1.38 bits per heavy atom. The Kier molecular flexibility index (Phi) is 2.13. The van der Waals surface area contributed by atoms with Crippen LogP contribution in [0.2, 0.25) is 0 Å². The molecular weight excluding hydrogens is 204 g/mol. The third-order valence-electron chi connectivity index (χ3n) is 3.10. The normalized spacial score (nSPS) is 16.0. The van der Waals surface area contributed by atoms with Crippen molar-refractivity contribution in [3.8, 4) is 0 Å². The minimum atomic E-state index is 0.0605. The number of fused-ring (bicyclic) bond motifs is 1. The van der Waals surface area contributed by atoms with Gasteiger partial charge in [-0.05, 0) is 25.0 Å². The largest absolute Gasteiger partial charge is 0.354 e. The average Bonchev–Trinajstić information content (AvgIpc) is 2.59. The van der Waals surface area contributed by atoms with Gasteiger partial charge < -0.3 is 9.84 Å². The van der Waals surface area contributed by atoms with Crippen LogP contribution in [0.25, 0.3) is 11.0 Å². The maximum atomic E-state index is 11.7. The molecule has 1 aromatic heterocycles. The Labute approximate surface area is 92.6 Å². The van der Waals surface area contributed by atoms with Gasteiger partial charge in [0.25, 0.3) is 0 Å². The summed E-state index contributed by atoms with van der Waals surface area (Å²) in [4.78, 5) is 11.7. The van der Waals surface area contributed by atoms with Crippen LogP contribution < -0.4 is 5.32 Å². The molecule has 4 heteroatoms. The molecule has 1 saturated carbocycles. The summed E-state index contributed by atoms with van der Waals surface area (Å²) in [6.07, 6.45) is 3.13. The third kappa shape index (κ3) is 1.46. The third-order valence-corrected chi connectivity index (χ3v) is 3.10. The van der Waals surface area contributed by atoms with Gasteiger partial charge >= 0.3 is 0 Å². The van der Waals surface area contributed by atoms with E-state index in [2.05, 4.69) is 10.5 Å². The highest BCUT2D eigenvalue weighted by molar-refractivity contribution is 5.99. The van der Waals surface area contributed by atoms with Crippen LogP contribution in [0.5, 0.6) is 0 Å². The molecule has 0 spiro atoms. The summed E-state index contributed by atoms with van der Waals surface area (Å²) in [7, 11) is 0. The first kappa shape index (κ1) is 9.39. The van der Waals surface area contributed by atoms with E-state index in [1.807, 2.05) is 24.3 Å². The number of carbonyl (C=O) groups is 1. The number of aromatic nitrogens is 1. The highest BCUT2D eigenvalue weighted by atomic mass is 16.5. The number of benzene rings is 1. The smallest absolute Gasteiger partial charge is 0.228 e. The summed E-state index contributed by atoms with van der Waals surface area (Å²) in [5.41, 5.74) is 0.700. The van der Waals surface area contributed by atoms with Crippen LogP contribution in [0, 0.1) is 5.92 Å². The Bertz CT molecular complexity index is 529. The second kappa shape index (κ2) is 3.63. The van der Waals surface area contributed by atoms with E-state index in [1.165, 1.54) is 0 Å². The predicted molar refractivity (Wildman–Crippen MR) is 60.0 cm³/mol. The molecule has 1 fully saturated rings. The molecule has 2 aromatic rings. The van der Waals surface area contributed by atoms with Crippen LogP contribution in [0.1, 0.15) is 19.3 Å². The van der Waals surface area contributed by atoms with Crippen molar-refractivity contribution in [2.24, 2.45) is 5.92 Å². The number of anilines is 1. The van der Waals surface area contributed by atoms with Gasteiger partial charge in [-0.2, -0.15) is 0 Å². The zero-order valence-corrected chi connectivity index (χ0v) is 8.77. The van der Waals surface area contributed by atoms with Gasteiger partial charge in [-0.15, -0.1) is 0 Å². The monoisotopic (exact) mass is 216 g/mol. The second-order valence-electron chi connectivity index (χ2n) is 4.14. The molecule has 0 radical (unpaired) electrons. The summed E-state index contributed by atoms with van der Waals surface area (Å²) in [6, 6.07) is 7.51. The lowest BCUT2D eigenvalue weighted by molar-refractivity contribution is -0.122. The molecular formula is C12H12N2O2. The lowest BCUT2D eigenvalue weighted by Crippen LogP contribution is -2.28. The molecule has 16 heavy (non-hydrogen) atoms. The first-order chi connectivity index (χ1) is 7.84. The SMILES string of the molecule is O=C(Nc1noc2ccccc12)C1CCC1. The van der Waals surface area contributed by atoms with E-state index in [0.717, 1.165) is 24.6 Å². The molecule has 0 atom stereocenters. The number of hydrogen-bond donors (Lipinski definition) is 1. The van der Waals surface area contributed by atoms with E-state index in [-0.39, 0.29) is 11.8 Å². The van der Waals surface area contributed by atoms with E-state index in [9.17, 15) is 4.79 Å². The van der Waals surface area contributed by atoms with Gasteiger partial charge in [0.1, 0.15) is 0 Å². The fraction of sp³-hybridized carbons (Fsp3) is 0.333. The van der Waals surface area contributed by atoms with Gasteiger partial charge in [-0.25, -0.2) is 0 Å². The highest BCUT2D eigenvalue weighted by Gasteiger charge is 2.26. The van der Waals surface area contributed by atoms with Crippen LogP contribution in [-0.4, -0.2) is 11.1 Å². The molecule has 82 valence electrons. The number of nitrogens with zero attached hydrogens (tertiary/aromatic N) is 1. The van der Waals surface area contributed by atoms with E-state index < -0.39 is 0 Å². The van der Waals surface area contributed by atoms with E-state index in [1.54, 1.807) is 0 Å². The minimum absolute atomic E-state index is 0.0605. The number of para-hydroxylation sites is 1. The van der Waals surface area contributed by atoms with Crippen LogP contribution in [0.15, 0.2) is 28.8 Å². The summed E-state index contributed by atoms with van der Waals surface area (Å²) in [5.74, 6) is 0.758. The first-order valence-corrected chi connectivity index (χ1v) is 5.50. The van der Waals surface area contributed by atoms with Crippen molar-refractivity contribution < 1.29 is 9.32 Å². The van der Waals surface area contributed by atoms with Crippen molar-refractivity contribution in [2.45, 2.75) is 19.3 Å². The predicted octanol–water partition coefficient (Wildman–Crippen LogP) is 2.57. The molecule has 1 aliphatic rings. The van der Waals surface area contributed by atoms with Gasteiger partial charge in [0.05, 0.1) is 5.39 Å². The van der Waals surface area contributed by atoms with Crippen LogP contribution in [0.4, 0.5) is 5.82 Å². The lowest BCUT2D eigenvalue weighted by atomic mass is 9.85. The lowest BCUT2D eigenvalue weighted by Gasteiger charge is -2.23. The van der Waals surface area contributed by atoms with Crippen molar-refractivity contribution in [3.63, 3.8) is 0 Å². The van der Waals surface area contributed by atoms with Crippen LogP contribution in [0.3, 0.4) is 0 Å². The zero-order valence-electron chi connectivity index (χ0n) is 8.77. The second-order valence-corrected chi connectivity index (χ2v) is 4.14. The fourth-order valence-corrected chi connectivity index (χ4v) is 1.87. The number of amides is 1. The number of hydrogen-bond acceptors (Lipinski definition) is 3. The molecule has 1 N–H and O–H groups in total. The molecule has 0 bridgehead atoms. The summed E-state index contributed by atoms with van der Waals surface area (Å²) in [6.45, 7) is 0. The molecule has 1 aliphatic carbocycles. The number of carbonyl (C=O) groups excluding carboxylic acids is 1.